The zero-order valence-electron chi connectivity index (χ0n) is 1.76. The Hall–Kier alpha value is 2.37. The van der Waals surface area contributed by atoms with Gasteiger partial charge in [-0.15, -0.1) is 0 Å². The van der Waals surface area contributed by atoms with E-state index < -0.39 is 0 Å². The van der Waals surface area contributed by atoms with Crippen molar-refractivity contribution in [3.05, 3.63) is 0 Å². The summed E-state index contributed by atoms with van der Waals surface area (Å²) >= 11 is 0. The van der Waals surface area contributed by atoms with Crippen molar-refractivity contribution in [1.82, 2.24) is 0 Å². The van der Waals surface area contributed by atoms with Crippen molar-refractivity contribution in [2.45, 2.75) is 0 Å². The summed E-state index contributed by atoms with van der Waals surface area (Å²) in [6.07, 6.45) is 0. The van der Waals surface area contributed by atoms with Crippen LogP contribution in [-0.2, 0) is 55.1 Å². The van der Waals surface area contributed by atoms with Crippen molar-refractivity contribution in [2.24, 2.45) is 0 Å². The second kappa shape index (κ2) is 32.7. The van der Waals surface area contributed by atoms with E-state index in [2.05, 4.69) is 0 Å². The third kappa shape index (κ3) is 21.6. The Labute approximate surface area is 83.4 Å². The molecule has 0 aliphatic heterocycles. The third-order valence-electron chi connectivity index (χ3n) is 0. The molecular formula is HNaNbO2Ti. The normalized spacial score (nSPS) is 0. The first-order valence-corrected chi connectivity index (χ1v) is 0. The van der Waals surface area contributed by atoms with Crippen molar-refractivity contribution >= 4 is 29.6 Å². The molecule has 5 heavy (non-hydrogen) atoms. The molecule has 0 spiro atoms. The van der Waals surface area contributed by atoms with Gasteiger partial charge in [0.05, 0.1) is 0 Å². The van der Waals surface area contributed by atoms with E-state index in [0.717, 1.165) is 0 Å². The summed E-state index contributed by atoms with van der Waals surface area (Å²) < 4.78 is 0. The molecule has 1 radical (unpaired) electrons. The van der Waals surface area contributed by atoms with Crippen molar-refractivity contribution in [3.8, 4) is 0 Å². The minimum absolute atomic E-state index is 0. The van der Waals surface area contributed by atoms with E-state index >= 15 is 0 Å². The molecule has 0 unspecified atom stereocenters. The molecule has 0 aromatic rings. The average Bonchev–Trinajstić information content (AvgIpc) is 0. The van der Waals surface area contributed by atoms with Crippen LogP contribution in [0.25, 0.3) is 0 Å². The van der Waals surface area contributed by atoms with Gasteiger partial charge in [-0.3, -0.25) is 0 Å². The van der Waals surface area contributed by atoms with Gasteiger partial charge in [0.25, 0.3) is 0 Å². The van der Waals surface area contributed by atoms with Crippen molar-refractivity contribution < 1.29 is 55.1 Å². The van der Waals surface area contributed by atoms with Crippen molar-refractivity contribution in [2.75, 3.05) is 0 Å². The maximum atomic E-state index is 0. The fraction of sp³-hybridized carbons (Fsp3) is 0. The molecule has 0 rings (SSSR count). The first-order valence-electron chi connectivity index (χ1n) is 0. The molecule has 0 N–H and O–H groups in total. The topological polar surface area (TPSA) is 57.0 Å². The molecule has 0 aliphatic carbocycles. The van der Waals surface area contributed by atoms with Crippen LogP contribution in [0.1, 0.15) is 0 Å². The molecule has 0 aromatic carbocycles. The summed E-state index contributed by atoms with van der Waals surface area (Å²) in [6.45, 7) is 0. The summed E-state index contributed by atoms with van der Waals surface area (Å²) in [4.78, 5) is 0. The Kier molecular flexibility index (Phi) is 347. The van der Waals surface area contributed by atoms with Crippen LogP contribution >= 0.6 is 0 Å². The van der Waals surface area contributed by atoms with Crippen LogP contribution in [-0.4, -0.2) is 29.6 Å². The Bertz CT molecular complexity index is 9.61. The van der Waals surface area contributed by atoms with Crippen molar-refractivity contribution in [3.63, 3.8) is 0 Å². The number of hydrogen-bond acceptors (Lipinski definition) is 0. The van der Waals surface area contributed by atoms with E-state index in [0.29, 0.717) is 0 Å². The van der Waals surface area contributed by atoms with Gasteiger partial charge in [-0.2, -0.15) is 0 Å². The standard InChI is InChI=1S/Na.Nb.2O.Ti.H/q;;2*-2;+4;. The predicted octanol–water partition coefficient (Wildman–Crippen LogP) is -0.891. The van der Waals surface area contributed by atoms with E-state index in [1.54, 1.807) is 0 Å². The van der Waals surface area contributed by atoms with Gasteiger partial charge in [0.2, 0.25) is 0 Å². The fourth-order valence-corrected chi connectivity index (χ4v) is 0. The molecule has 0 aromatic heterocycles. The van der Waals surface area contributed by atoms with Gasteiger partial charge < -0.3 is 11.0 Å². The van der Waals surface area contributed by atoms with E-state index in [-0.39, 0.29) is 84.6 Å². The molecule has 0 saturated heterocycles. The summed E-state index contributed by atoms with van der Waals surface area (Å²) in [6, 6.07) is 0. The SMILES string of the molecule is [NaH].[Nb].[O-2].[O-2].[Ti+4]. The predicted molar refractivity (Wildman–Crippen MR) is 8.52 cm³/mol. The number of hydrogen-bond donors (Lipinski definition) is 0. The zero-order chi connectivity index (χ0) is 0. The molecule has 0 heterocycles. The van der Waals surface area contributed by atoms with Crippen LogP contribution < -0.4 is 0 Å². The smallest absolute Gasteiger partial charge is 2.00 e. The first-order chi connectivity index (χ1) is 0. The molecule has 0 atom stereocenters. The summed E-state index contributed by atoms with van der Waals surface area (Å²) in [5, 5.41) is 0. The Balaban J connectivity index is 0. The van der Waals surface area contributed by atoms with Gasteiger partial charge in [-0.1, -0.05) is 0 Å². The van der Waals surface area contributed by atoms with Crippen LogP contribution in [0.2, 0.25) is 0 Å². The van der Waals surface area contributed by atoms with Gasteiger partial charge in [0, 0.05) is 22.4 Å². The van der Waals surface area contributed by atoms with Gasteiger partial charge in [-0.05, 0) is 0 Å². The van der Waals surface area contributed by atoms with E-state index in [1.807, 2.05) is 0 Å². The van der Waals surface area contributed by atoms with Crippen LogP contribution in [0.15, 0.2) is 0 Å². The Morgan fingerprint density at radius 1 is 0.800 bits per heavy atom. The van der Waals surface area contributed by atoms with Gasteiger partial charge >= 0.3 is 51.3 Å². The molecule has 0 aliphatic rings. The first kappa shape index (κ1) is 53.1. The molecule has 0 saturated carbocycles. The van der Waals surface area contributed by atoms with Gasteiger partial charge in [0.15, 0.2) is 0 Å². The molecule has 23 valence electrons. The molecular weight excluding hydrogens is 196 g/mol. The molecule has 0 fully saturated rings. The van der Waals surface area contributed by atoms with Gasteiger partial charge in [-0.25, -0.2) is 0 Å². The number of rotatable bonds is 0. The van der Waals surface area contributed by atoms with Crippen LogP contribution in [0.3, 0.4) is 0 Å². The van der Waals surface area contributed by atoms with Crippen molar-refractivity contribution in [1.29, 1.82) is 0 Å². The monoisotopic (exact) mass is 197 g/mol. The summed E-state index contributed by atoms with van der Waals surface area (Å²) in [5.41, 5.74) is 0. The summed E-state index contributed by atoms with van der Waals surface area (Å²) in [5.74, 6) is 0. The van der Waals surface area contributed by atoms with Crippen LogP contribution in [0, 0.1) is 0 Å². The molecule has 2 nitrogen and oxygen atoms in total. The van der Waals surface area contributed by atoms with Crippen LogP contribution in [0.5, 0.6) is 0 Å². The Morgan fingerprint density at radius 3 is 0.800 bits per heavy atom. The van der Waals surface area contributed by atoms with Crippen LogP contribution in [0.4, 0.5) is 0 Å². The third-order valence-corrected chi connectivity index (χ3v) is 0. The molecule has 0 bridgehead atoms. The van der Waals surface area contributed by atoms with E-state index in [9.17, 15) is 0 Å². The largest absolute Gasteiger partial charge is 4.00 e. The van der Waals surface area contributed by atoms with Gasteiger partial charge in [0.1, 0.15) is 0 Å². The zero-order valence-corrected chi connectivity index (χ0v) is 5.52. The minimum atomic E-state index is 0. The average molecular weight is 197 g/mol. The second-order valence-corrected chi connectivity index (χ2v) is 0. The summed E-state index contributed by atoms with van der Waals surface area (Å²) in [7, 11) is 0. The quantitative estimate of drug-likeness (QED) is 0.452. The maximum Gasteiger partial charge on any atom is 4.00 e. The van der Waals surface area contributed by atoms with E-state index in [1.165, 1.54) is 0 Å². The fourth-order valence-electron chi connectivity index (χ4n) is 0. The Morgan fingerprint density at radius 2 is 0.800 bits per heavy atom. The maximum absolute atomic E-state index is 0. The van der Waals surface area contributed by atoms with E-state index in [4.69, 9.17) is 0 Å². The molecule has 5 heteroatoms. The second-order valence-electron chi connectivity index (χ2n) is 0. The molecule has 0 amide bonds. The minimum Gasteiger partial charge on any atom is -2.00 e.